The predicted molar refractivity (Wildman–Crippen MR) is 58.7 cm³/mol. The van der Waals surface area contributed by atoms with Crippen LogP contribution in [0.3, 0.4) is 0 Å². The number of pyridine rings is 1. The minimum Gasteiger partial charge on any atom is -0.316 e. The number of hydrogen-bond acceptors (Lipinski definition) is 4. The van der Waals surface area contributed by atoms with Crippen molar-refractivity contribution >= 4 is 9.84 Å². The van der Waals surface area contributed by atoms with Crippen LogP contribution in [0.15, 0.2) is 41.9 Å². The Morgan fingerprint density at radius 1 is 1.25 bits per heavy atom. The van der Waals surface area contributed by atoms with E-state index >= 15 is 0 Å². The van der Waals surface area contributed by atoms with Crippen molar-refractivity contribution in [3.8, 4) is 0 Å². The molecule has 0 fully saturated rings. The van der Waals surface area contributed by atoms with Crippen LogP contribution >= 0.6 is 0 Å². The highest BCUT2D eigenvalue weighted by Crippen LogP contribution is 2.08. The van der Waals surface area contributed by atoms with Crippen molar-refractivity contribution in [2.45, 2.75) is 11.7 Å². The molecule has 0 unspecified atom stereocenters. The lowest BCUT2D eigenvalue weighted by Gasteiger charge is -2.05. The zero-order valence-electron chi connectivity index (χ0n) is 8.74. The van der Waals surface area contributed by atoms with Crippen molar-refractivity contribution in [1.29, 1.82) is 0 Å². The van der Waals surface area contributed by atoms with Gasteiger partial charge in [-0.15, -0.1) is 0 Å². The molecule has 16 heavy (non-hydrogen) atoms. The van der Waals surface area contributed by atoms with Crippen LogP contribution in [0.1, 0.15) is 5.69 Å². The average Bonchev–Trinajstić information content (AvgIpc) is 2.67. The van der Waals surface area contributed by atoms with E-state index in [0.29, 0.717) is 6.54 Å². The van der Waals surface area contributed by atoms with Crippen LogP contribution in [0.5, 0.6) is 0 Å². The molecule has 5 nitrogen and oxygen atoms in total. The molecule has 2 aromatic heterocycles. The van der Waals surface area contributed by atoms with E-state index in [-0.39, 0.29) is 5.16 Å². The van der Waals surface area contributed by atoms with Gasteiger partial charge >= 0.3 is 0 Å². The van der Waals surface area contributed by atoms with Crippen LogP contribution in [0, 0.1) is 0 Å². The van der Waals surface area contributed by atoms with Crippen molar-refractivity contribution in [2.24, 2.45) is 0 Å². The van der Waals surface area contributed by atoms with E-state index in [0.717, 1.165) is 11.9 Å². The second-order valence-corrected chi connectivity index (χ2v) is 5.34. The number of nitrogens with zero attached hydrogens (tertiary/aromatic N) is 3. The van der Waals surface area contributed by atoms with Gasteiger partial charge in [0, 0.05) is 24.8 Å². The molecule has 0 aliphatic heterocycles. The Morgan fingerprint density at radius 2 is 2.06 bits per heavy atom. The molecule has 0 aromatic carbocycles. The second-order valence-electron chi connectivity index (χ2n) is 3.43. The fourth-order valence-corrected chi connectivity index (χ4v) is 2.21. The van der Waals surface area contributed by atoms with Crippen molar-refractivity contribution in [3.63, 3.8) is 0 Å². The van der Waals surface area contributed by atoms with Crippen molar-refractivity contribution in [1.82, 2.24) is 14.5 Å². The molecule has 0 aliphatic carbocycles. The Labute approximate surface area is 93.7 Å². The summed E-state index contributed by atoms with van der Waals surface area (Å²) in [5.74, 6) is 0. The Kier molecular flexibility index (Phi) is 2.74. The smallest absolute Gasteiger partial charge is 0.227 e. The third kappa shape index (κ3) is 2.27. The Morgan fingerprint density at radius 3 is 2.69 bits per heavy atom. The maximum absolute atomic E-state index is 11.4. The third-order valence-corrected chi connectivity index (χ3v) is 3.07. The number of aromatic nitrogens is 3. The van der Waals surface area contributed by atoms with Crippen LogP contribution in [-0.4, -0.2) is 29.2 Å². The summed E-state index contributed by atoms with van der Waals surface area (Å²) < 4.78 is 24.4. The fraction of sp³-hybridized carbons (Fsp3) is 0.200. The minimum atomic E-state index is -3.29. The zero-order chi connectivity index (χ0) is 11.6. The van der Waals surface area contributed by atoms with E-state index in [9.17, 15) is 8.42 Å². The van der Waals surface area contributed by atoms with Gasteiger partial charge in [0.2, 0.25) is 15.0 Å². The molecule has 0 bridgehead atoms. The zero-order valence-corrected chi connectivity index (χ0v) is 9.55. The van der Waals surface area contributed by atoms with Gasteiger partial charge in [-0.2, -0.15) is 0 Å². The van der Waals surface area contributed by atoms with E-state index in [1.165, 1.54) is 6.20 Å². The first-order chi connectivity index (χ1) is 7.57. The van der Waals surface area contributed by atoms with Crippen molar-refractivity contribution in [3.05, 3.63) is 42.5 Å². The lowest BCUT2D eigenvalue weighted by atomic mass is 10.3. The summed E-state index contributed by atoms with van der Waals surface area (Å²) in [6.07, 6.45) is 5.92. The van der Waals surface area contributed by atoms with E-state index in [1.807, 2.05) is 18.2 Å². The largest absolute Gasteiger partial charge is 0.316 e. The monoisotopic (exact) mass is 237 g/mol. The van der Waals surface area contributed by atoms with E-state index < -0.39 is 9.84 Å². The fourth-order valence-electron chi connectivity index (χ4n) is 1.41. The molecule has 0 atom stereocenters. The second kappa shape index (κ2) is 4.05. The highest BCUT2D eigenvalue weighted by molar-refractivity contribution is 7.90. The molecule has 2 rings (SSSR count). The van der Waals surface area contributed by atoms with Gasteiger partial charge in [0.15, 0.2) is 0 Å². The Balaban J connectivity index is 2.34. The first-order valence-corrected chi connectivity index (χ1v) is 6.57. The Bertz CT molecular complexity index is 575. The molecule has 0 spiro atoms. The molecular formula is C10H11N3O2S. The van der Waals surface area contributed by atoms with Crippen LogP contribution < -0.4 is 0 Å². The van der Waals surface area contributed by atoms with Crippen LogP contribution in [0.25, 0.3) is 0 Å². The maximum atomic E-state index is 11.4. The van der Waals surface area contributed by atoms with E-state index in [2.05, 4.69) is 9.97 Å². The van der Waals surface area contributed by atoms with Crippen LogP contribution in [0.2, 0.25) is 0 Å². The molecule has 0 N–H and O–H groups in total. The number of hydrogen-bond donors (Lipinski definition) is 0. The summed E-state index contributed by atoms with van der Waals surface area (Å²) in [6.45, 7) is 0.406. The SMILES string of the molecule is CS(=O)(=O)c1nccn1Cc1ccccn1. The summed E-state index contributed by atoms with van der Waals surface area (Å²) in [5, 5.41) is 0.0677. The first kappa shape index (κ1) is 10.8. The molecule has 6 heteroatoms. The van der Waals surface area contributed by atoms with Crippen LogP contribution in [-0.2, 0) is 16.4 Å². The number of rotatable bonds is 3. The molecule has 0 saturated heterocycles. The maximum Gasteiger partial charge on any atom is 0.227 e. The van der Waals surface area contributed by atoms with Crippen LogP contribution in [0.4, 0.5) is 0 Å². The third-order valence-electron chi connectivity index (χ3n) is 2.07. The number of imidazole rings is 1. The highest BCUT2D eigenvalue weighted by atomic mass is 32.2. The standard InChI is InChI=1S/C10H11N3O2S/c1-16(14,15)10-12-6-7-13(10)8-9-4-2-3-5-11-9/h2-7H,8H2,1H3. The van der Waals surface area contributed by atoms with Gasteiger partial charge in [-0.1, -0.05) is 6.07 Å². The summed E-state index contributed by atoms with van der Waals surface area (Å²) >= 11 is 0. The minimum absolute atomic E-state index is 0.0677. The molecule has 0 saturated carbocycles. The average molecular weight is 237 g/mol. The molecule has 2 heterocycles. The summed E-state index contributed by atoms with van der Waals surface area (Å²) in [5.41, 5.74) is 0.797. The van der Waals surface area contributed by atoms with Gasteiger partial charge in [-0.25, -0.2) is 13.4 Å². The van der Waals surface area contributed by atoms with Crippen molar-refractivity contribution in [2.75, 3.05) is 6.26 Å². The lowest BCUT2D eigenvalue weighted by molar-refractivity contribution is 0.577. The van der Waals surface area contributed by atoms with Gasteiger partial charge in [0.1, 0.15) is 0 Å². The highest BCUT2D eigenvalue weighted by Gasteiger charge is 2.14. The summed E-state index contributed by atoms with van der Waals surface area (Å²) in [4.78, 5) is 7.96. The lowest BCUT2D eigenvalue weighted by Crippen LogP contribution is -2.10. The molecule has 0 radical (unpaired) electrons. The van der Waals surface area contributed by atoms with Gasteiger partial charge in [0.05, 0.1) is 12.2 Å². The van der Waals surface area contributed by atoms with Gasteiger partial charge in [-0.05, 0) is 12.1 Å². The predicted octanol–water partition coefficient (Wildman–Crippen LogP) is 0.730. The molecule has 84 valence electrons. The number of sulfone groups is 1. The normalized spacial score (nSPS) is 11.6. The Hall–Kier alpha value is -1.69. The summed E-state index contributed by atoms with van der Waals surface area (Å²) in [6, 6.07) is 5.51. The van der Waals surface area contributed by atoms with Crippen molar-refractivity contribution < 1.29 is 8.42 Å². The van der Waals surface area contributed by atoms with Gasteiger partial charge in [-0.3, -0.25) is 4.98 Å². The molecular weight excluding hydrogens is 226 g/mol. The molecule has 0 aliphatic rings. The van der Waals surface area contributed by atoms with Gasteiger partial charge < -0.3 is 4.57 Å². The van der Waals surface area contributed by atoms with Gasteiger partial charge in [0.25, 0.3) is 0 Å². The first-order valence-electron chi connectivity index (χ1n) is 4.68. The van der Waals surface area contributed by atoms with E-state index in [4.69, 9.17) is 0 Å². The van der Waals surface area contributed by atoms with E-state index in [1.54, 1.807) is 17.0 Å². The topological polar surface area (TPSA) is 64.8 Å². The molecule has 2 aromatic rings. The molecule has 0 amide bonds. The quantitative estimate of drug-likeness (QED) is 0.789. The summed E-state index contributed by atoms with van der Waals surface area (Å²) in [7, 11) is -3.29.